The molecule has 0 aliphatic carbocycles. The van der Waals surface area contributed by atoms with E-state index in [2.05, 4.69) is 38.2 Å². The van der Waals surface area contributed by atoms with Gasteiger partial charge in [0, 0.05) is 13.1 Å². The lowest BCUT2D eigenvalue weighted by molar-refractivity contribution is 0.258. The first-order valence-corrected chi connectivity index (χ1v) is 6.24. The van der Waals surface area contributed by atoms with Crippen molar-refractivity contribution in [2.75, 3.05) is 24.5 Å². The van der Waals surface area contributed by atoms with Gasteiger partial charge in [0.25, 0.3) is 0 Å². The third kappa shape index (κ3) is 1.92. The summed E-state index contributed by atoms with van der Waals surface area (Å²) < 4.78 is 0. The van der Waals surface area contributed by atoms with Crippen LogP contribution in [0.4, 0.5) is 5.82 Å². The van der Waals surface area contributed by atoms with Crippen LogP contribution in [0.15, 0.2) is 6.20 Å². The van der Waals surface area contributed by atoms with E-state index in [0.29, 0.717) is 11.2 Å². The highest BCUT2D eigenvalue weighted by molar-refractivity contribution is 5.69. The second kappa shape index (κ2) is 4.20. The Bertz CT molecular complexity index is 540. The Morgan fingerprint density at radius 1 is 1.50 bits per heavy atom. The minimum atomic E-state index is 0.274. The molecule has 1 fully saturated rings. The fourth-order valence-electron chi connectivity index (χ4n) is 2.31. The van der Waals surface area contributed by atoms with Crippen molar-refractivity contribution in [2.45, 2.75) is 19.8 Å². The predicted octanol–water partition coefficient (Wildman–Crippen LogP) is 0.718. The maximum absolute atomic E-state index is 5.82. The molecule has 0 unspecified atom stereocenters. The van der Waals surface area contributed by atoms with Crippen LogP contribution in [-0.4, -0.2) is 39.8 Å². The maximum Gasteiger partial charge on any atom is 0.177 e. The number of aromatic amines is 1. The van der Waals surface area contributed by atoms with Crippen LogP contribution in [0.2, 0.25) is 0 Å². The summed E-state index contributed by atoms with van der Waals surface area (Å²) in [6.45, 7) is 4.96. The van der Waals surface area contributed by atoms with E-state index in [9.17, 15) is 0 Å². The van der Waals surface area contributed by atoms with Gasteiger partial charge in [-0.3, -0.25) is 5.10 Å². The van der Waals surface area contributed by atoms with Crippen molar-refractivity contribution in [3.05, 3.63) is 12.4 Å². The van der Waals surface area contributed by atoms with Gasteiger partial charge in [-0.25, -0.2) is 9.97 Å². The van der Waals surface area contributed by atoms with Crippen molar-refractivity contribution in [1.29, 1.82) is 0 Å². The number of nitrogens with one attached hydrogen (secondary N) is 1. The first-order valence-electron chi connectivity index (χ1n) is 6.24. The molecule has 1 saturated heterocycles. The van der Waals surface area contributed by atoms with E-state index in [1.54, 1.807) is 6.20 Å². The molecule has 3 N–H and O–H groups in total. The van der Waals surface area contributed by atoms with E-state index in [-0.39, 0.29) is 5.41 Å². The van der Waals surface area contributed by atoms with Gasteiger partial charge in [-0.2, -0.15) is 5.10 Å². The summed E-state index contributed by atoms with van der Waals surface area (Å²) >= 11 is 0. The van der Waals surface area contributed by atoms with Gasteiger partial charge in [0.15, 0.2) is 5.65 Å². The largest absolute Gasteiger partial charge is 0.355 e. The van der Waals surface area contributed by atoms with Crippen LogP contribution >= 0.6 is 0 Å². The first-order chi connectivity index (χ1) is 8.70. The minimum Gasteiger partial charge on any atom is -0.355 e. The average molecular weight is 245 g/mol. The predicted molar refractivity (Wildman–Crippen MR) is 69.1 cm³/mol. The topological polar surface area (TPSA) is 83.7 Å². The van der Waals surface area contributed by atoms with Crippen molar-refractivity contribution in [1.82, 2.24) is 20.2 Å². The van der Waals surface area contributed by atoms with Gasteiger partial charge in [-0.05, 0) is 24.8 Å². The molecule has 1 aliphatic rings. The number of nitrogens with zero attached hydrogens (tertiary/aromatic N) is 4. The van der Waals surface area contributed by atoms with E-state index >= 15 is 0 Å². The van der Waals surface area contributed by atoms with E-state index in [1.807, 2.05) is 0 Å². The molecule has 95 valence electrons. The molecule has 0 amide bonds. The summed E-state index contributed by atoms with van der Waals surface area (Å²) in [4.78, 5) is 11.1. The molecule has 0 bridgehead atoms. The fraction of sp³-hybridized carbons (Fsp3) is 0.583. The van der Waals surface area contributed by atoms with E-state index in [0.717, 1.165) is 38.3 Å². The zero-order chi connectivity index (χ0) is 12.6. The van der Waals surface area contributed by atoms with Crippen molar-refractivity contribution < 1.29 is 0 Å². The van der Waals surface area contributed by atoms with Crippen LogP contribution in [0.5, 0.6) is 0 Å². The molecular formula is C12H17N6. The van der Waals surface area contributed by atoms with Gasteiger partial charge in [-0.1, -0.05) is 6.92 Å². The number of rotatable bonds is 2. The van der Waals surface area contributed by atoms with Crippen molar-refractivity contribution in [3.63, 3.8) is 0 Å². The SMILES string of the molecule is CC1(CN)CCN(c2cnc3[c]n[nH]c3n2)CC1. The molecular weight excluding hydrogens is 228 g/mol. The van der Waals surface area contributed by atoms with Gasteiger partial charge in [-0.15, -0.1) is 0 Å². The van der Waals surface area contributed by atoms with Crippen LogP contribution in [-0.2, 0) is 0 Å². The normalized spacial score (nSPS) is 19.3. The monoisotopic (exact) mass is 245 g/mol. The number of piperidine rings is 1. The second-order valence-electron chi connectivity index (χ2n) is 5.26. The Hall–Kier alpha value is -1.69. The molecule has 3 heterocycles. The lowest BCUT2D eigenvalue weighted by Gasteiger charge is -2.39. The number of anilines is 1. The molecule has 1 radical (unpaired) electrons. The lowest BCUT2D eigenvalue weighted by Crippen LogP contribution is -2.42. The Labute approximate surface area is 106 Å². The average Bonchev–Trinajstić information content (AvgIpc) is 2.87. The number of aromatic nitrogens is 4. The van der Waals surface area contributed by atoms with Crippen LogP contribution in [0.3, 0.4) is 0 Å². The van der Waals surface area contributed by atoms with Crippen LogP contribution in [0.1, 0.15) is 19.8 Å². The highest BCUT2D eigenvalue weighted by Crippen LogP contribution is 2.31. The van der Waals surface area contributed by atoms with E-state index in [4.69, 9.17) is 5.73 Å². The first kappa shape index (κ1) is 11.4. The molecule has 1 aliphatic heterocycles. The van der Waals surface area contributed by atoms with Crippen LogP contribution < -0.4 is 10.6 Å². The van der Waals surface area contributed by atoms with Crippen molar-refractivity contribution >= 4 is 17.0 Å². The van der Waals surface area contributed by atoms with E-state index in [1.165, 1.54) is 0 Å². The number of fused-ring (bicyclic) bond motifs is 1. The standard InChI is InChI=1S/C12H17N6/c1-12(8-13)2-4-18(5-3-12)10-7-14-9-6-15-17-11(9)16-10/h7H,2-5,8,13H2,1H3,(H,15,16,17). The molecule has 6 heteroatoms. The van der Waals surface area contributed by atoms with E-state index < -0.39 is 0 Å². The Kier molecular flexibility index (Phi) is 2.66. The van der Waals surface area contributed by atoms with Crippen molar-refractivity contribution in [2.24, 2.45) is 11.1 Å². The summed E-state index contributed by atoms with van der Waals surface area (Å²) in [6, 6.07) is 0. The molecule has 2 aromatic heterocycles. The highest BCUT2D eigenvalue weighted by Gasteiger charge is 2.29. The van der Waals surface area contributed by atoms with Gasteiger partial charge in [0.1, 0.15) is 17.5 Å². The molecule has 0 aromatic carbocycles. The number of hydrogen-bond donors (Lipinski definition) is 2. The van der Waals surface area contributed by atoms with Crippen molar-refractivity contribution in [3.8, 4) is 0 Å². The zero-order valence-corrected chi connectivity index (χ0v) is 10.5. The van der Waals surface area contributed by atoms with Gasteiger partial charge in [0.05, 0.1) is 6.20 Å². The second-order valence-corrected chi connectivity index (χ2v) is 5.26. The Balaban J connectivity index is 1.79. The van der Waals surface area contributed by atoms with Crippen LogP contribution in [0, 0.1) is 11.6 Å². The quantitative estimate of drug-likeness (QED) is 0.814. The van der Waals surface area contributed by atoms with Gasteiger partial charge in [0.2, 0.25) is 0 Å². The Morgan fingerprint density at radius 3 is 3.00 bits per heavy atom. The summed E-state index contributed by atoms with van der Waals surface area (Å²) in [5.74, 6) is 0.902. The summed E-state index contributed by atoms with van der Waals surface area (Å²) in [7, 11) is 0. The zero-order valence-electron chi connectivity index (χ0n) is 10.5. The smallest absolute Gasteiger partial charge is 0.177 e. The summed E-state index contributed by atoms with van der Waals surface area (Å²) in [5, 5.41) is 6.61. The minimum absolute atomic E-state index is 0.274. The summed E-state index contributed by atoms with van der Waals surface area (Å²) in [6.07, 6.45) is 6.74. The molecule has 6 nitrogen and oxygen atoms in total. The Morgan fingerprint density at radius 2 is 2.28 bits per heavy atom. The third-order valence-electron chi connectivity index (χ3n) is 3.87. The maximum atomic E-state index is 5.82. The molecule has 2 aromatic rings. The summed E-state index contributed by atoms with van der Waals surface area (Å²) in [5.41, 5.74) is 7.47. The molecule has 0 saturated carbocycles. The number of hydrogen-bond acceptors (Lipinski definition) is 5. The lowest BCUT2D eigenvalue weighted by atomic mass is 9.80. The fourth-order valence-corrected chi connectivity index (χ4v) is 2.31. The van der Waals surface area contributed by atoms with Gasteiger partial charge < -0.3 is 10.6 Å². The number of nitrogens with two attached hydrogens (primary N) is 1. The highest BCUT2D eigenvalue weighted by atomic mass is 15.2. The molecule has 0 atom stereocenters. The third-order valence-corrected chi connectivity index (χ3v) is 3.87. The molecule has 18 heavy (non-hydrogen) atoms. The molecule has 0 spiro atoms. The number of H-pyrrole nitrogens is 1. The van der Waals surface area contributed by atoms with Gasteiger partial charge >= 0.3 is 0 Å². The molecule has 3 rings (SSSR count). The van der Waals surface area contributed by atoms with Crippen LogP contribution in [0.25, 0.3) is 11.2 Å².